The number of hydrogen-bond donors (Lipinski definition) is 4. The van der Waals surface area contributed by atoms with Gasteiger partial charge >= 0.3 is 17.9 Å². The van der Waals surface area contributed by atoms with Crippen molar-refractivity contribution in [1.29, 1.82) is 0 Å². The molecule has 0 unspecified atom stereocenters. The lowest BCUT2D eigenvalue weighted by Gasteiger charge is -1.99. The minimum absolute atomic E-state index is 0.164. The highest BCUT2D eigenvalue weighted by Gasteiger charge is 2.26. The number of Topliss-reactive ketones (excluding diaryl/α,β-unsaturated/α-hetero) is 1. The lowest BCUT2D eigenvalue weighted by atomic mass is 10.2. The van der Waals surface area contributed by atoms with Crippen molar-refractivity contribution in [2.75, 3.05) is 0 Å². The molecule has 9 nitrogen and oxygen atoms in total. The highest BCUT2D eigenvalue weighted by molar-refractivity contribution is 6.35. The summed E-state index contributed by atoms with van der Waals surface area (Å²) in [4.78, 5) is 49.7. The van der Waals surface area contributed by atoms with Gasteiger partial charge in [-0.1, -0.05) is 0 Å². The van der Waals surface area contributed by atoms with Crippen molar-refractivity contribution in [3.8, 4) is 0 Å². The standard InChI is InChI=1S/C5H7NO3.C4H4O5/c7-4-2-1-3(6-4)5(8)9;5-2(4(8)9)1-3(6)7/h3H,1-2H2,(H,6,7)(H,8,9);1H2,(H,6,7)(H,8,9)/t3-;/m0./s1. The molecule has 100 valence electrons. The largest absolute Gasteiger partial charge is 0.481 e. The molecule has 1 amide bonds. The zero-order valence-corrected chi connectivity index (χ0v) is 9.08. The first kappa shape index (κ1) is 15.5. The summed E-state index contributed by atoms with van der Waals surface area (Å²) in [5, 5.41) is 26.3. The summed E-state index contributed by atoms with van der Waals surface area (Å²) in [5.74, 6) is -5.55. The third kappa shape index (κ3) is 6.20. The number of nitrogens with one attached hydrogen (secondary N) is 1. The van der Waals surface area contributed by atoms with Crippen LogP contribution in [0.1, 0.15) is 19.3 Å². The molecule has 1 saturated heterocycles. The number of ketones is 1. The maximum absolute atomic E-state index is 10.4. The molecule has 1 fully saturated rings. The van der Waals surface area contributed by atoms with Crippen LogP contribution in [0.15, 0.2) is 0 Å². The van der Waals surface area contributed by atoms with Gasteiger partial charge in [0.2, 0.25) is 5.91 Å². The normalized spacial score (nSPS) is 17.1. The number of carboxylic acid groups (broad SMARTS) is 3. The fourth-order valence-corrected chi connectivity index (χ4v) is 1.01. The highest BCUT2D eigenvalue weighted by Crippen LogP contribution is 2.05. The van der Waals surface area contributed by atoms with Gasteiger partial charge in [-0.25, -0.2) is 9.59 Å². The Hall–Kier alpha value is -2.45. The van der Waals surface area contributed by atoms with Crippen LogP contribution in [0.5, 0.6) is 0 Å². The van der Waals surface area contributed by atoms with Crippen LogP contribution >= 0.6 is 0 Å². The van der Waals surface area contributed by atoms with Crippen LogP contribution < -0.4 is 5.32 Å². The Bertz CT molecular complexity index is 388. The van der Waals surface area contributed by atoms with Crippen molar-refractivity contribution in [2.24, 2.45) is 0 Å². The second-order valence-electron chi connectivity index (χ2n) is 3.30. The molecule has 0 spiro atoms. The number of carbonyl (C=O) groups excluding carboxylic acids is 2. The fourth-order valence-electron chi connectivity index (χ4n) is 1.01. The molecule has 0 aliphatic carbocycles. The van der Waals surface area contributed by atoms with Crippen molar-refractivity contribution >= 4 is 29.6 Å². The predicted octanol–water partition coefficient (Wildman–Crippen LogP) is -1.54. The van der Waals surface area contributed by atoms with E-state index >= 15 is 0 Å². The van der Waals surface area contributed by atoms with Crippen LogP contribution in [0.25, 0.3) is 0 Å². The summed E-state index contributed by atoms with van der Waals surface area (Å²) >= 11 is 0. The third-order valence-corrected chi connectivity index (χ3v) is 1.84. The number of rotatable bonds is 4. The number of hydrogen-bond acceptors (Lipinski definition) is 5. The van der Waals surface area contributed by atoms with Crippen molar-refractivity contribution in [1.82, 2.24) is 5.32 Å². The topological polar surface area (TPSA) is 158 Å². The van der Waals surface area contributed by atoms with Gasteiger partial charge in [0.25, 0.3) is 5.78 Å². The summed E-state index contributed by atoms with van der Waals surface area (Å²) in [6.07, 6.45) is -0.180. The number of aliphatic carboxylic acids is 3. The molecule has 0 aromatic heterocycles. The Morgan fingerprint density at radius 3 is 1.89 bits per heavy atom. The SMILES string of the molecule is O=C(O)CC(=O)C(=O)O.O=C1CC[C@@H](C(=O)O)N1. The van der Waals surface area contributed by atoms with Gasteiger partial charge in [-0.05, 0) is 6.42 Å². The molecular weight excluding hydrogens is 250 g/mol. The average Bonchev–Trinajstić information content (AvgIpc) is 2.64. The fraction of sp³-hybridized carbons (Fsp3) is 0.444. The van der Waals surface area contributed by atoms with E-state index in [2.05, 4.69) is 5.32 Å². The van der Waals surface area contributed by atoms with Gasteiger partial charge in [-0.3, -0.25) is 14.4 Å². The summed E-state index contributed by atoms with van der Waals surface area (Å²) < 4.78 is 0. The van der Waals surface area contributed by atoms with E-state index in [0.717, 1.165) is 0 Å². The van der Waals surface area contributed by atoms with E-state index in [1.165, 1.54) is 0 Å². The van der Waals surface area contributed by atoms with Gasteiger partial charge in [-0.15, -0.1) is 0 Å². The highest BCUT2D eigenvalue weighted by atomic mass is 16.4. The van der Waals surface area contributed by atoms with E-state index in [-0.39, 0.29) is 5.91 Å². The molecule has 1 heterocycles. The second-order valence-corrected chi connectivity index (χ2v) is 3.30. The van der Waals surface area contributed by atoms with E-state index in [9.17, 15) is 24.0 Å². The molecule has 9 heteroatoms. The maximum atomic E-state index is 10.4. The van der Waals surface area contributed by atoms with E-state index in [1.54, 1.807) is 0 Å². The second kappa shape index (κ2) is 6.99. The van der Waals surface area contributed by atoms with Crippen LogP contribution in [-0.4, -0.2) is 51.0 Å². The van der Waals surface area contributed by atoms with Crippen LogP contribution in [0.2, 0.25) is 0 Å². The zero-order valence-electron chi connectivity index (χ0n) is 9.08. The van der Waals surface area contributed by atoms with E-state index in [1.807, 2.05) is 0 Å². The summed E-state index contributed by atoms with van der Waals surface area (Å²) in [6, 6.07) is -0.641. The van der Waals surface area contributed by atoms with Gasteiger partial charge in [0.05, 0.1) is 0 Å². The Morgan fingerprint density at radius 1 is 1.17 bits per heavy atom. The minimum atomic E-state index is -1.71. The van der Waals surface area contributed by atoms with Gasteiger partial charge < -0.3 is 20.6 Å². The molecule has 0 saturated carbocycles. The van der Waals surface area contributed by atoms with Gasteiger partial charge in [0, 0.05) is 6.42 Å². The molecule has 0 aromatic carbocycles. The van der Waals surface area contributed by atoms with Gasteiger partial charge in [0.15, 0.2) is 0 Å². The van der Waals surface area contributed by atoms with Gasteiger partial charge in [0.1, 0.15) is 12.5 Å². The quantitative estimate of drug-likeness (QED) is 0.350. The minimum Gasteiger partial charge on any atom is -0.481 e. The molecule has 0 radical (unpaired) electrons. The van der Waals surface area contributed by atoms with Crippen LogP contribution in [-0.2, 0) is 24.0 Å². The molecule has 1 atom stereocenters. The zero-order chi connectivity index (χ0) is 14.3. The maximum Gasteiger partial charge on any atom is 0.372 e. The molecular formula is C9H11NO8. The smallest absolute Gasteiger partial charge is 0.372 e. The van der Waals surface area contributed by atoms with Crippen LogP contribution in [0, 0.1) is 0 Å². The van der Waals surface area contributed by atoms with E-state index in [0.29, 0.717) is 12.8 Å². The molecule has 1 aliphatic rings. The Kier molecular flexibility index (Phi) is 6.04. The van der Waals surface area contributed by atoms with Crippen LogP contribution in [0.3, 0.4) is 0 Å². The van der Waals surface area contributed by atoms with E-state index in [4.69, 9.17) is 15.3 Å². The Morgan fingerprint density at radius 2 is 1.72 bits per heavy atom. The van der Waals surface area contributed by atoms with Crippen LogP contribution in [0.4, 0.5) is 0 Å². The average molecular weight is 261 g/mol. The molecule has 1 rings (SSSR count). The Balaban J connectivity index is 0.000000321. The summed E-state index contributed by atoms with van der Waals surface area (Å²) in [6.45, 7) is 0. The first-order valence-corrected chi connectivity index (χ1v) is 4.74. The molecule has 18 heavy (non-hydrogen) atoms. The predicted molar refractivity (Wildman–Crippen MR) is 53.7 cm³/mol. The number of carbonyl (C=O) groups is 5. The van der Waals surface area contributed by atoms with Crippen molar-refractivity contribution in [2.45, 2.75) is 25.3 Å². The number of carboxylic acids is 3. The van der Waals surface area contributed by atoms with Crippen molar-refractivity contribution in [3.63, 3.8) is 0 Å². The molecule has 0 aromatic rings. The Labute approximate surface area is 100 Å². The number of amides is 1. The lowest BCUT2D eigenvalue weighted by molar-refractivity contribution is -0.152. The van der Waals surface area contributed by atoms with Crippen molar-refractivity contribution < 1.29 is 39.3 Å². The summed E-state index contributed by atoms with van der Waals surface area (Å²) in [5.41, 5.74) is 0. The van der Waals surface area contributed by atoms with Gasteiger partial charge in [-0.2, -0.15) is 0 Å². The first-order valence-electron chi connectivity index (χ1n) is 4.74. The van der Waals surface area contributed by atoms with E-state index < -0.39 is 36.2 Å². The molecule has 1 aliphatic heterocycles. The molecule has 0 bridgehead atoms. The lowest BCUT2D eigenvalue weighted by Crippen LogP contribution is -2.32. The molecule has 4 N–H and O–H groups in total. The monoisotopic (exact) mass is 261 g/mol. The first-order chi connectivity index (χ1) is 8.23. The van der Waals surface area contributed by atoms with Crippen molar-refractivity contribution in [3.05, 3.63) is 0 Å². The third-order valence-electron chi connectivity index (χ3n) is 1.84. The summed E-state index contributed by atoms with van der Waals surface area (Å²) in [7, 11) is 0.